The summed E-state index contributed by atoms with van der Waals surface area (Å²) in [5.41, 5.74) is 0.855. The monoisotopic (exact) mass is 992 g/mol. The lowest BCUT2D eigenvalue weighted by atomic mass is 10.1. The predicted molar refractivity (Wildman–Crippen MR) is 264 cm³/mol. The fourth-order valence-corrected chi connectivity index (χ4v) is 7.06. The molecule has 5 rings (SSSR count). The number of unbranched alkanes of at least 4 members (excludes halogenated alkanes) is 12. The highest BCUT2D eigenvalue weighted by Gasteiger charge is 2.34. The van der Waals surface area contributed by atoms with Gasteiger partial charge in [-0.1, -0.05) is 77.4 Å². The molecule has 0 amide bonds. The molecule has 0 radical (unpaired) electrons. The van der Waals surface area contributed by atoms with E-state index in [4.69, 9.17) is 47.4 Å². The van der Waals surface area contributed by atoms with Gasteiger partial charge >= 0.3 is 35.8 Å². The van der Waals surface area contributed by atoms with Gasteiger partial charge in [-0.25, -0.2) is 28.8 Å². The number of esters is 6. The van der Waals surface area contributed by atoms with Crippen molar-refractivity contribution in [3.05, 3.63) is 145 Å². The molecule has 0 unspecified atom stereocenters. The predicted octanol–water partition coefficient (Wildman–Crippen LogP) is 10.5. The summed E-state index contributed by atoms with van der Waals surface area (Å²) in [6.45, 7) is 8.87. The van der Waals surface area contributed by atoms with Crippen LogP contribution in [0.2, 0.25) is 0 Å². The van der Waals surface area contributed by atoms with Gasteiger partial charge in [-0.05, 0) is 123 Å². The van der Waals surface area contributed by atoms with Crippen molar-refractivity contribution in [3.8, 4) is 23.0 Å². The Balaban J connectivity index is 0.957. The summed E-state index contributed by atoms with van der Waals surface area (Å²) in [4.78, 5) is 74.0. The van der Waals surface area contributed by atoms with Crippen molar-refractivity contribution < 1.29 is 76.1 Å². The van der Waals surface area contributed by atoms with Crippen LogP contribution in [0, 0.1) is 0 Å². The van der Waals surface area contributed by atoms with E-state index in [-0.39, 0.29) is 47.8 Å². The van der Waals surface area contributed by atoms with Gasteiger partial charge in [0.05, 0.1) is 61.9 Å². The number of carbonyl (C=O) groups is 6. The molecule has 0 spiro atoms. The van der Waals surface area contributed by atoms with Crippen LogP contribution in [-0.4, -0.2) is 88.0 Å². The van der Waals surface area contributed by atoms with E-state index in [0.29, 0.717) is 49.1 Å². The van der Waals surface area contributed by atoms with Crippen molar-refractivity contribution in [1.82, 2.24) is 0 Å². The summed E-state index contributed by atoms with van der Waals surface area (Å²) in [7, 11) is 0. The molecule has 4 aromatic carbocycles. The molecule has 0 aromatic heterocycles. The topological polar surface area (TPSA) is 195 Å². The Morgan fingerprint density at radius 2 is 0.667 bits per heavy atom. The third-order valence-electron chi connectivity index (χ3n) is 11.0. The highest BCUT2D eigenvalue weighted by molar-refractivity contribution is 5.93. The van der Waals surface area contributed by atoms with Crippen LogP contribution in [0.4, 0.5) is 0 Å². The Kier molecular flexibility index (Phi) is 24.6. The van der Waals surface area contributed by atoms with Crippen LogP contribution in [0.3, 0.4) is 0 Å². The van der Waals surface area contributed by atoms with Crippen molar-refractivity contribution >= 4 is 35.8 Å². The van der Waals surface area contributed by atoms with Crippen molar-refractivity contribution in [2.75, 3.05) is 39.6 Å². The molecule has 1 aliphatic rings. The molecule has 4 aromatic rings. The van der Waals surface area contributed by atoms with E-state index < -0.39 is 36.5 Å². The zero-order valence-corrected chi connectivity index (χ0v) is 40.6. The quantitative estimate of drug-likeness (QED) is 0.0147. The smallest absolute Gasteiger partial charge is 0.343 e. The summed E-state index contributed by atoms with van der Waals surface area (Å²) in [5, 5.41) is 0. The van der Waals surface area contributed by atoms with Gasteiger partial charge in [0.1, 0.15) is 23.0 Å². The van der Waals surface area contributed by atoms with Gasteiger partial charge in [-0.3, -0.25) is 0 Å². The molecule has 0 bridgehead atoms. The molecule has 16 nitrogen and oxygen atoms in total. The largest absolute Gasteiger partial charge is 0.494 e. The molecule has 0 saturated carbocycles. The Bertz CT molecular complexity index is 2160. The number of benzene rings is 4. The second-order valence-corrected chi connectivity index (χ2v) is 16.6. The highest BCUT2D eigenvalue weighted by Crippen LogP contribution is 2.23. The summed E-state index contributed by atoms with van der Waals surface area (Å²) in [5.74, 6) is -1.89. The van der Waals surface area contributed by atoms with E-state index >= 15 is 0 Å². The lowest BCUT2D eigenvalue weighted by molar-refractivity contribution is -0.288. The maximum Gasteiger partial charge on any atom is 0.343 e. The van der Waals surface area contributed by atoms with E-state index in [9.17, 15) is 28.8 Å². The first-order valence-corrected chi connectivity index (χ1v) is 24.5. The molecule has 1 heterocycles. The maximum absolute atomic E-state index is 13.1. The normalized spacial score (nSPS) is 13.9. The number of hydrogen-bond donors (Lipinski definition) is 0. The minimum Gasteiger partial charge on any atom is -0.494 e. The summed E-state index contributed by atoms with van der Waals surface area (Å²) >= 11 is 0. The number of rotatable bonds is 32. The van der Waals surface area contributed by atoms with Crippen LogP contribution in [-0.2, 0) is 38.0 Å². The lowest BCUT2D eigenvalue weighted by Crippen LogP contribution is -2.44. The van der Waals surface area contributed by atoms with E-state index in [1.165, 1.54) is 60.7 Å². The van der Waals surface area contributed by atoms with Crippen LogP contribution in [0.25, 0.3) is 0 Å². The molecular weight excluding hydrogens is 929 g/mol. The van der Waals surface area contributed by atoms with Crippen molar-refractivity contribution in [2.24, 2.45) is 0 Å². The lowest BCUT2D eigenvalue weighted by Gasteiger charge is -2.30. The Labute approximate surface area is 420 Å². The van der Waals surface area contributed by atoms with E-state index in [2.05, 4.69) is 13.2 Å². The minimum atomic E-state index is -1.38. The number of carbonyl (C=O) groups excluding carboxylic acids is 6. The van der Waals surface area contributed by atoms with Crippen LogP contribution in [0.5, 0.6) is 23.0 Å². The first-order valence-electron chi connectivity index (χ1n) is 24.5. The molecule has 72 heavy (non-hydrogen) atoms. The zero-order valence-electron chi connectivity index (χ0n) is 40.6. The molecule has 1 aliphatic heterocycles. The second-order valence-electron chi connectivity index (χ2n) is 16.6. The van der Waals surface area contributed by atoms with E-state index in [1.807, 2.05) is 0 Å². The van der Waals surface area contributed by atoms with Crippen molar-refractivity contribution in [3.63, 3.8) is 0 Å². The van der Waals surface area contributed by atoms with Crippen LogP contribution < -0.4 is 18.9 Å². The minimum absolute atomic E-state index is 0.0766. The molecule has 0 N–H and O–H groups in total. The first kappa shape index (κ1) is 55.6. The average molecular weight is 993 g/mol. The zero-order chi connectivity index (χ0) is 51.2. The summed E-state index contributed by atoms with van der Waals surface area (Å²) < 4.78 is 54.7. The molecule has 16 heteroatoms. The van der Waals surface area contributed by atoms with Crippen molar-refractivity contribution in [2.45, 2.75) is 102 Å². The molecule has 1 saturated heterocycles. The Hall–Kier alpha value is -7.30. The standard InChI is InChI=1S/C56H64O16/c1-3-49(57)65-37-17-13-9-5-7-11-15-35-63-45-27-19-41(20-28-45)51(59)69-47-31-23-43(24-32-47)53(61)71-55-56(68-40-39-67-55)72-54(62)44-25-33-48(34-26-44)70-52(60)42-21-29-46(30-22-42)64-36-16-12-8-6-10-14-18-38-66-50(58)4-2/h3-4,19-34,55-56H,1-2,5-18,35-40H2/t55-,56-/m0/s1. The molecular formula is C56H64O16. The third-order valence-corrected chi connectivity index (χ3v) is 11.0. The van der Waals surface area contributed by atoms with Crippen LogP contribution in [0.15, 0.2) is 122 Å². The summed E-state index contributed by atoms with van der Waals surface area (Å²) in [6, 6.07) is 24.7. The number of ether oxygens (including phenoxy) is 10. The third kappa shape index (κ3) is 20.6. The fraction of sp³-hybridized carbons (Fsp3) is 0.393. The van der Waals surface area contributed by atoms with Gasteiger partial charge in [0.15, 0.2) is 0 Å². The van der Waals surface area contributed by atoms with Gasteiger partial charge < -0.3 is 47.4 Å². The SMILES string of the molecule is C=CC(=O)OCCCCCCCCCOc1ccc(C(=O)Oc2ccc(C(=O)O[C@@H]3OCCO[C@H]3OC(=O)c3ccc(OC(=O)c4ccc(OCCCCCCCCCOC(=O)C=C)cc4)cc3)cc2)cc1. The van der Waals surface area contributed by atoms with Gasteiger partial charge in [-0.2, -0.15) is 0 Å². The molecule has 2 atom stereocenters. The van der Waals surface area contributed by atoms with E-state index in [1.54, 1.807) is 48.5 Å². The van der Waals surface area contributed by atoms with Gasteiger partial charge in [-0.15, -0.1) is 0 Å². The maximum atomic E-state index is 13.1. The highest BCUT2D eigenvalue weighted by atomic mass is 16.8. The van der Waals surface area contributed by atoms with Crippen molar-refractivity contribution in [1.29, 1.82) is 0 Å². The Morgan fingerprint density at radius 1 is 0.389 bits per heavy atom. The average Bonchev–Trinajstić information content (AvgIpc) is 3.40. The van der Waals surface area contributed by atoms with Crippen LogP contribution >= 0.6 is 0 Å². The Morgan fingerprint density at radius 3 is 0.986 bits per heavy atom. The summed E-state index contributed by atoms with van der Waals surface area (Å²) in [6.07, 6.45) is 13.7. The van der Waals surface area contributed by atoms with Gasteiger partial charge in [0.25, 0.3) is 12.6 Å². The molecule has 1 fully saturated rings. The van der Waals surface area contributed by atoms with Gasteiger partial charge in [0, 0.05) is 12.2 Å². The fourth-order valence-electron chi connectivity index (χ4n) is 7.06. The van der Waals surface area contributed by atoms with Crippen LogP contribution in [0.1, 0.15) is 131 Å². The molecule has 0 aliphatic carbocycles. The molecule has 384 valence electrons. The van der Waals surface area contributed by atoms with Gasteiger partial charge in [0.2, 0.25) is 0 Å². The van der Waals surface area contributed by atoms with E-state index in [0.717, 1.165) is 89.9 Å². The second kappa shape index (κ2) is 31.8. The number of hydrogen-bond acceptors (Lipinski definition) is 16. The first-order chi connectivity index (χ1) is 35.1.